The van der Waals surface area contributed by atoms with Gasteiger partial charge in [0.2, 0.25) is 0 Å². The highest BCUT2D eigenvalue weighted by Crippen LogP contribution is 2.30. The largest absolute Gasteiger partial charge is 0.497 e. The van der Waals surface area contributed by atoms with Crippen LogP contribution < -0.4 is 15.2 Å². The van der Waals surface area contributed by atoms with Gasteiger partial charge in [0.05, 0.1) is 12.1 Å². The Morgan fingerprint density at radius 1 is 1.15 bits per heavy atom. The quantitative estimate of drug-likeness (QED) is 0.616. The van der Waals surface area contributed by atoms with Crippen LogP contribution in [-0.2, 0) is 6.42 Å². The van der Waals surface area contributed by atoms with Crippen LogP contribution in [0.25, 0.3) is 0 Å². The topological polar surface area (TPSA) is 74.4 Å². The second-order valence-corrected chi connectivity index (χ2v) is 6.50. The number of rotatable bonds is 6. The van der Waals surface area contributed by atoms with Gasteiger partial charge >= 0.3 is 0 Å². The number of carbonyl (C=O) groups excluding carboxylic acids is 1. The Balaban J connectivity index is 1.82. The zero-order valence-electron chi connectivity index (χ0n) is 15.0. The lowest BCUT2D eigenvalue weighted by Crippen LogP contribution is -2.05. The first-order valence-corrected chi connectivity index (χ1v) is 8.69. The summed E-state index contributed by atoms with van der Waals surface area (Å²) >= 11 is 5.95. The molecular formula is C21H19ClN2O3. The number of aromatic nitrogens is 1. The molecular weight excluding hydrogens is 364 g/mol. The van der Waals surface area contributed by atoms with Crippen LogP contribution in [0.15, 0.2) is 54.7 Å². The molecule has 3 aromatic rings. The van der Waals surface area contributed by atoms with Crippen molar-refractivity contribution in [3.63, 3.8) is 0 Å². The fourth-order valence-electron chi connectivity index (χ4n) is 2.61. The number of nitrogens with two attached hydrogens (primary N) is 1. The molecule has 0 unspecified atom stereocenters. The summed E-state index contributed by atoms with van der Waals surface area (Å²) in [7, 11) is 1.57. The lowest BCUT2D eigenvalue weighted by atomic mass is 9.99. The molecule has 0 aliphatic rings. The summed E-state index contributed by atoms with van der Waals surface area (Å²) < 4.78 is 11.0. The van der Waals surface area contributed by atoms with Crippen molar-refractivity contribution in [1.29, 1.82) is 0 Å². The Hall–Kier alpha value is -3.05. The number of aryl methyl sites for hydroxylation is 1. The van der Waals surface area contributed by atoms with Crippen molar-refractivity contribution in [2.45, 2.75) is 13.3 Å². The maximum absolute atomic E-state index is 12.7. The van der Waals surface area contributed by atoms with E-state index in [0.29, 0.717) is 27.8 Å². The van der Waals surface area contributed by atoms with Gasteiger partial charge in [0.25, 0.3) is 0 Å². The molecule has 5 nitrogen and oxygen atoms in total. The van der Waals surface area contributed by atoms with Crippen LogP contribution in [0, 0.1) is 6.92 Å². The number of benzene rings is 2. The fraction of sp³-hybridized carbons (Fsp3) is 0.143. The lowest BCUT2D eigenvalue weighted by Gasteiger charge is -2.11. The number of carbonyl (C=O) groups is 1. The molecule has 1 heterocycles. The van der Waals surface area contributed by atoms with E-state index >= 15 is 0 Å². The van der Waals surface area contributed by atoms with Crippen LogP contribution in [0.5, 0.6) is 17.2 Å². The zero-order chi connectivity index (χ0) is 19.4. The Labute approximate surface area is 162 Å². The van der Waals surface area contributed by atoms with Gasteiger partial charge in [0.15, 0.2) is 17.4 Å². The summed E-state index contributed by atoms with van der Waals surface area (Å²) in [6.07, 6.45) is 1.70. The SMILES string of the molecule is COc1cccc(C(=O)Cc2cc(Oc3cc(Cl)cnc3N)ccc2C)c1. The van der Waals surface area contributed by atoms with Crippen molar-refractivity contribution in [3.05, 3.63) is 76.4 Å². The number of anilines is 1. The molecule has 0 radical (unpaired) electrons. The molecule has 0 aliphatic heterocycles. The van der Waals surface area contributed by atoms with Crippen LogP contribution in [0.2, 0.25) is 5.02 Å². The molecule has 0 saturated carbocycles. The van der Waals surface area contributed by atoms with Crippen LogP contribution >= 0.6 is 11.6 Å². The minimum atomic E-state index is -0.00177. The van der Waals surface area contributed by atoms with E-state index in [1.165, 1.54) is 6.20 Å². The molecule has 1 aromatic heterocycles. The maximum atomic E-state index is 12.7. The molecule has 0 fully saturated rings. The summed E-state index contributed by atoms with van der Waals surface area (Å²) in [6.45, 7) is 1.95. The predicted molar refractivity (Wildman–Crippen MR) is 106 cm³/mol. The number of nitrogens with zero attached hydrogens (tertiary/aromatic N) is 1. The number of Topliss-reactive ketones (excluding diaryl/α,β-unsaturated/α-hetero) is 1. The number of methoxy groups -OCH3 is 1. The fourth-order valence-corrected chi connectivity index (χ4v) is 2.76. The average molecular weight is 383 g/mol. The first-order valence-electron chi connectivity index (χ1n) is 8.32. The summed E-state index contributed by atoms with van der Waals surface area (Å²) in [5, 5.41) is 0.430. The van der Waals surface area contributed by atoms with E-state index in [0.717, 1.165) is 11.1 Å². The van der Waals surface area contributed by atoms with E-state index in [1.54, 1.807) is 37.4 Å². The van der Waals surface area contributed by atoms with Crippen LogP contribution in [0.1, 0.15) is 21.5 Å². The van der Waals surface area contributed by atoms with Crippen molar-refractivity contribution < 1.29 is 14.3 Å². The Morgan fingerprint density at radius 2 is 1.96 bits per heavy atom. The van der Waals surface area contributed by atoms with Gasteiger partial charge in [-0.1, -0.05) is 29.8 Å². The smallest absolute Gasteiger partial charge is 0.170 e. The summed E-state index contributed by atoms with van der Waals surface area (Å²) in [5.41, 5.74) is 8.29. The molecule has 0 saturated heterocycles. The minimum absolute atomic E-state index is 0.00177. The standard InChI is InChI=1S/C21H19ClN2O3/c1-13-6-7-18(27-20-11-16(22)12-24-21(20)23)9-15(13)10-19(25)14-4-3-5-17(8-14)26-2/h3-9,11-12H,10H2,1-2H3,(H2,23,24). The molecule has 0 bridgehead atoms. The van der Waals surface area contributed by atoms with Crippen LogP contribution in [0.3, 0.4) is 0 Å². The van der Waals surface area contributed by atoms with Gasteiger partial charge in [0, 0.05) is 24.2 Å². The number of hydrogen-bond donors (Lipinski definition) is 1. The molecule has 3 rings (SSSR count). The van der Waals surface area contributed by atoms with Crippen molar-refractivity contribution >= 4 is 23.2 Å². The first kappa shape index (κ1) is 18.7. The van der Waals surface area contributed by atoms with Crippen molar-refractivity contribution in [3.8, 4) is 17.2 Å². The number of ketones is 1. The Kier molecular flexibility index (Phi) is 5.62. The molecule has 0 amide bonds. The van der Waals surface area contributed by atoms with Gasteiger partial charge in [-0.2, -0.15) is 0 Å². The average Bonchev–Trinajstić information content (AvgIpc) is 2.67. The van der Waals surface area contributed by atoms with Gasteiger partial charge in [-0.3, -0.25) is 4.79 Å². The molecule has 138 valence electrons. The number of nitrogen functional groups attached to an aromatic ring is 1. The normalized spacial score (nSPS) is 10.5. The van der Waals surface area contributed by atoms with Crippen LogP contribution in [0.4, 0.5) is 5.82 Å². The summed E-state index contributed by atoms with van der Waals surface area (Å²) in [6, 6.07) is 14.3. The van der Waals surface area contributed by atoms with Crippen molar-refractivity contribution in [2.75, 3.05) is 12.8 Å². The van der Waals surface area contributed by atoms with E-state index in [1.807, 2.05) is 25.1 Å². The summed E-state index contributed by atoms with van der Waals surface area (Å²) in [4.78, 5) is 16.6. The van der Waals surface area contributed by atoms with Gasteiger partial charge in [-0.05, 0) is 42.3 Å². The van der Waals surface area contributed by atoms with E-state index in [2.05, 4.69) is 4.98 Å². The third kappa shape index (κ3) is 4.57. The van der Waals surface area contributed by atoms with Crippen molar-refractivity contribution in [2.24, 2.45) is 0 Å². The third-order valence-electron chi connectivity index (χ3n) is 4.14. The molecule has 2 N–H and O–H groups in total. The molecule has 6 heteroatoms. The van der Waals surface area contributed by atoms with E-state index in [-0.39, 0.29) is 18.0 Å². The van der Waals surface area contributed by atoms with Gasteiger partial charge in [0.1, 0.15) is 11.5 Å². The van der Waals surface area contributed by atoms with Crippen LogP contribution in [-0.4, -0.2) is 17.9 Å². The predicted octanol–water partition coefficient (Wildman–Crippen LogP) is 4.85. The maximum Gasteiger partial charge on any atom is 0.170 e. The van der Waals surface area contributed by atoms with E-state index in [4.69, 9.17) is 26.8 Å². The van der Waals surface area contributed by atoms with E-state index in [9.17, 15) is 4.79 Å². The number of pyridine rings is 1. The molecule has 0 spiro atoms. The minimum Gasteiger partial charge on any atom is -0.497 e. The highest BCUT2D eigenvalue weighted by molar-refractivity contribution is 6.30. The summed E-state index contributed by atoms with van der Waals surface area (Å²) in [5.74, 6) is 1.83. The van der Waals surface area contributed by atoms with E-state index < -0.39 is 0 Å². The first-order chi connectivity index (χ1) is 13.0. The number of halogens is 1. The second kappa shape index (κ2) is 8.10. The molecule has 2 aromatic carbocycles. The molecule has 27 heavy (non-hydrogen) atoms. The lowest BCUT2D eigenvalue weighted by molar-refractivity contribution is 0.0992. The number of hydrogen-bond acceptors (Lipinski definition) is 5. The highest BCUT2D eigenvalue weighted by Gasteiger charge is 2.12. The second-order valence-electron chi connectivity index (χ2n) is 6.06. The number of ether oxygens (including phenoxy) is 2. The monoisotopic (exact) mass is 382 g/mol. The molecule has 0 atom stereocenters. The Bertz CT molecular complexity index is 989. The zero-order valence-corrected chi connectivity index (χ0v) is 15.8. The highest BCUT2D eigenvalue weighted by atomic mass is 35.5. The van der Waals surface area contributed by atoms with Gasteiger partial charge < -0.3 is 15.2 Å². The van der Waals surface area contributed by atoms with Crippen molar-refractivity contribution in [1.82, 2.24) is 4.98 Å². The van der Waals surface area contributed by atoms with Gasteiger partial charge in [-0.15, -0.1) is 0 Å². The Morgan fingerprint density at radius 3 is 2.74 bits per heavy atom. The molecule has 0 aliphatic carbocycles. The third-order valence-corrected chi connectivity index (χ3v) is 4.35. The van der Waals surface area contributed by atoms with Gasteiger partial charge in [-0.25, -0.2) is 4.98 Å².